The van der Waals surface area contributed by atoms with Crippen LogP contribution in [0.25, 0.3) is 11.1 Å². The molecule has 214 valence electrons. The van der Waals surface area contributed by atoms with Gasteiger partial charge in [0.15, 0.2) is 0 Å². The number of hydrogen-bond acceptors (Lipinski definition) is 1. The topological polar surface area (TPSA) is 9.23 Å². The highest BCUT2D eigenvalue weighted by Gasteiger charge is 2.56. The molecule has 3 aliphatic rings. The summed E-state index contributed by atoms with van der Waals surface area (Å²) in [5.74, 6) is 2.49. The zero-order chi connectivity index (χ0) is 29.8. The van der Waals surface area contributed by atoms with Gasteiger partial charge in [0.2, 0.25) is 0 Å². The van der Waals surface area contributed by atoms with Crippen LogP contribution in [0.15, 0.2) is 176 Å². The first-order valence-electron chi connectivity index (χ1n) is 15.7. The summed E-state index contributed by atoms with van der Waals surface area (Å²) in [6.07, 6.45) is 9.26. The Bertz CT molecular complexity index is 2070. The maximum atomic E-state index is 6.98. The van der Waals surface area contributed by atoms with Crippen molar-refractivity contribution >= 4 is 23.8 Å². The summed E-state index contributed by atoms with van der Waals surface area (Å²) in [5.41, 5.74) is 7.26. The van der Waals surface area contributed by atoms with Gasteiger partial charge in [-0.2, -0.15) is 0 Å². The Balaban J connectivity index is 1.27. The van der Waals surface area contributed by atoms with Crippen molar-refractivity contribution in [2.24, 2.45) is 5.92 Å². The Kier molecular flexibility index (Phi) is 6.22. The molecule has 0 saturated carbocycles. The minimum absolute atomic E-state index is 0.259. The molecule has 3 atom stereocenters. The molecule has 0 radical (unpaired) electrons. The lowest BCUT2D eigenvalue weighted by atomic mass is 9.61. The van der Waals surface area contributed by atoms with Crippen LogP contribution in [0.5, 0.6) is 11.5 Å². The van der Waals surface area contributed by atoms with Crippen molar-refractivity contribution in [3.63, 3.8) is 0 Å². The molecule has 9 rings (SSSR count). The van der Waals surface area contributed by atoms with Gasteiger partial charge < -0.3 is 4.74 Å². The van der Waals surface area contributed by atoms with Gasteiger partial charge in [-0.15, -0.1) is 0 Å². The molecule has 0 saturated heterocycles. The maximum absolute atomic E-state index is 6.98. The molecule has 0 amide bonds. The monoisotopic (exact) mass is 594 g/mol. The Morgan fingerprint density at radius 3 is 1.93 bits per heavy atom. The van der Waals surface area contributed by atoms with Crippen LogP contribution in [-0.2, 0) is 5.41 Å². The van der Waals surface area contributed by atoms with E-state index in [-0.39, 0.29) is 11.3 Å². The Labute approximate surface area is 265 Å². The average Bonchev–Trinajstić information content (AvgIpc) is 3.40. The predicted molar refractivity (Wildman–Crippen MR) is 188 cm³/mol. The number of ether oxygens (including phenoxy) is 1. The first-order valence-corrected chi connectivity index (χ1v) is 17.0. The molecule has 0 aromatic heterocycles. The van der Waals surface area contributed by atoms with E-state index in [1.807, 2.05) is 0 Å². The molecule has 2 heteroatoms. The molecule has 1 aliphatic heterocycles. The van der Waals surface area contributed by atoms with Crippen molar-refractivity contribution in [3.05, 3.63) is 198 Å². The summed E-state index contributed by atoms with van der Waals surface area (Å²) in [7, 11) is -0.724. The molecule has 6 aromatic rings. The molecule has 0 N–H and O–H groups in total. The average molecular weight is 595 g/mol. The van der Waals surface area contributed by atoms with Gasteiger partial charge in [0.1, 0.15) is 11.5 Å². The molecule has 2 aliphatic carbocycles. The van der Waals surface area contributed by atoms with E-state index in [1.165, 1.54) is 43.7 Å². The largest absolute Gasteiger partial charge is 0.456 e. The van der Waals surface area contributed by atoms with E-state index in [1.54, 1.807) is 0 Å². The molecule has 1 heterocycles. The second-order valence-electron chi connectivity index (χ2n) is 12.1. The second kappa shape index (κ2) is 10.6. The van der Waals surface area contributed by atoms with Crippen LogP contribution in [-0.4, -0.2) is 0 Å². The highest BCUT2D eigenvalue weighted by Crippen LogP contribution is 2.65. The lowest BCUT2D eigenvalue weighted by Gasteiger charge is -2.43. The van der Waals surface area contributed by atoms with Gasteiger partial charge in [-0.05, 0) is 52.7 Å². The molecule has 1 spiro atoms. The van der Waals surface area contributed by atoms with Gasteiger partial charge in [-0.25, -0.2) is 0 Å². The lowest BCUT2D eigenvalue weighted by molar-refractivity contribution is 0.375. The number of rotatable bonds is 4. The molecule has 6 aromatic carbocycles. The summed E-state index contributed by atoms with van der Waals surface area (Å²) >= 11 is 0. The highest BCUT2D eigenvalue weighted by molar-refractivity contribution is 7.79. The fourth-order valence-electron chi connectivity index (χ4n) is 8.03. The quantitative estimate of drug-likeness (QED) is 0.185. The molecule has 45 heavy (non-hydrogen) atoms. The smallest absolute Gasteiger partial charge is 0.139 e. The minimum atomic E-state index is -0.724. The van der Waals surface area contributed by atoms with Gasteiger partial charge >= 0.3 is 0 Å². The van der Waals surface area contributed by atoms with Crippen molar-refractivity contribution in [1.29, 1.82) is 0 Å². The molecule has 1 nitrogen and oxygen atoms in total. The van der Waals surface area contributed by atoms with Crippen LogP contribution >= 0.6 is 7.92 Å². The van der Waals surface area contributed by atoms with E-state index < -0.39 is 7.92 Å². The van der Waals surface area contributed by atoms with E-state index in [0.717, 1.165) is 17.1 Å². The van der Waals surface area contributed by atoms with E-state index in [9.17, 15) is 0 Å². The van der Waals surface area contributed by atoms with E-state index in [0.29, 0.717) is 5.92 Å². The fraction of sp³-hybridized carbons (Fsp3) is 0.0698. The molecular weight excluding hydrogens is 563 g/mol. The Hall–Kier alpha value is -4.97. The fourth-order valence-corrected chi connectivity index (χ4v) is 10.4. The minimum Gasteiger partial charge on any atom is -0.456 e. The number of fused-ring (bicyclic) bond motifs is 9. The lowest BCUT2D eigenvalue weighted by Crippen LogP contribution is -2.37. The van der Waals surface area contributed by atoms with Crippen molar-refractivity contribution < 1.29 is 4.74 Å². The highest BCUT2D eigenvalue weighted by atomic mass is 31.1. The third kappa shape index (κ3) is 3.98. The third-order valence-electron chi connectivity index (χ3n) is 9.79. The molecular formula is C43H31OP. The van der Waals surface area contributed by atoms with Crippen molar-refractivity contribution in [1.82, 2.24) is 0 Å². The van der Waals surface area contributed by atoms with E-state index >= 15 is 0 Å². The van der Waals surface area contributed by atoms with Gasteiger partial charge in [-0.1, -0.05) is 164 Å². The summed E-state index contributed by atoms with van der Waals surface area (Å²) in [6.45, 7) is 0. The maximum Gasteiger partial charge on any atom is 0.139 e. The van der Waals surface area contributed by atoms with Gasteiger partial charge in [-0.3, -0.25) is 0 Å². The van der Waals surface area contributed by atoms with Crippen LogP contribution in [0.3, 0.4) is 0 Å². The van der Waals surface area contributed by atoms with Crippen LogP contribution in [0.4, 0.5) is 0 Å². The van der Waals surface area contributed by atoms with E-state index in [2.05, 4.69) is 176 Å². The van der Waals surface area contributed by atoms with E-state index in [4.69, 9.17) is 4.74 Å². The Morgan fingerprint density at radius 1 is 0.511 bits per heavy atom. The normalized spacial score (nSPS) is 20.3. The van der Waals surface area contributed by atoms with Gasteiger partial charge in [0.25, 0.3) is 0 Å². The van der Waals surface area contributed by atoms with Crippen molar-refractivity contribution in [2.45, 2.75) is 11.3 Å². The number of allylic oxidation sites excluding steroid dienone is 4. The number of benzene rings is 6. The summed E-state index contributed by atoms with van der Waals surface area (Å²) in [6, 6.07) is 55.5. The summed E-state index contributed by atoms with van der Waals surface area (Å²) in [5, 5.41) is 4.02. The second-order valence-corrected chi connectivity index (χ2v) is 14.3. The van der Waals surface area contributed by atoms with Crippen molar-refractivity contribution in [2.75, 3.05) is 0 Å². The zero-order valence-electron chi connectivity index (χ0n) is 24.8. The molecule has 0 bridgehead atoms. The Morgan fingerprint density at radius 2 is 1.13 bits per heavy atom. The third-order valence-corrected chi connectivity index (χ3v) is 12.2. The van der Waals surface area contributed by atoms with Crippen LogP contribution in [0.2, 0.25) is 0 Å². The first kappa shape index (κ1) is 26.4. The SMILES string of the molecule is C1=CC2c3ccccc3C3(c4ccccc4Oc4c(-c5cccc(P(c6ccccc6)c6ccccc6)c5)cccc43)C2C=C1. The first-order chi connectivity index (χ1) is 22.3. The zero-order valence-corrected chi connectivity index (χ0v) is 25.6. The number of hydrogen-bond donors (Lipinski definition) is 0. The summed E-state index contributed by atoms with van der Waals surface area (Å²) in [4.78, 5) is 0. The van der Waals surface area contributed by atoms with Gasteiger partial charge in [0, 0.05) is 28.5 Å². The van der Waals surface area contributed by atoms with Crippen molar-refractivity contribution in [3.8, 4) is 22.6 Å². The predicted octanol–water partition coefficient (Wildman–Crippen LogP) is 9.39. The van der Waals surface area contributed by atoms with Gasteiger partial charge in [0.05, 0.1) is 5.41 Å². The van der Waals surface area contributed by atoms with Crippen LogP contribution in [0.1, 0.15) is 28.2 Å². The van der Waals surface area contributed by atoms with Crippen LogP contribution < -0.4 is 20.7 Å². The molecule has 3 unspecified atom stereocenters. The number of para-hydroxylation sites is 2. The summed E-state index contributed by atoms with van der Waals surface area (Å²) < 4.78 is 6.98. The molecule has 0 fully saturated rings. The van der Waals surface area contributed by atoms with Crippen LogP contribution in [0, 0.1) is 5.92 Å². The standard InChI is InChI=1S/C43H31OP/c1-3-16-31(17-4-1)45(32-18-5-2-6-19-32)33-20-13-15-30(29-33)34-23-14-27-40-42(34)44-41-28-12-11-26-39(41)43(40)37-24-9-7-21-35(37)36-22-8-10-25-38(36)43/h1-29,35,37H.